The van der Waals surface area contributed by atoms with Crippen molar-refractivity contribution in [2.45, 2.75) is 138 Å². The number of hydrogen-bond acceptors (Lipinski definition) is 33. The molecular formula is C79H76Cs10N10O21S3. The molecule has 0 radical (unpaired) electrons. The topological polar surface area (TPSA) is 546 Å². The Kier molecular flexibility index (Phi) is 94.6. The van der Waals surface area contributed by atoms with E-state index in [1.807, 2.05) is 46.8 Å². The van der Waals surface area contributed by atoms with Crippen LogP contribution in [0.25, 0.3) is 17.1 Å². The number of rotatable bonds is 11. The van der Waals surface area contributed by atoms with Gasteiger partial charge in [-0.25, -0.2) is 24.9 Å². The van der Waals surface area contributed by atoms with Gasteiger partial charge in [0.15, 0.2) is 5.82 Å². The quantitative estimate of drug-likeness (QED) is 0.118. The van der Waals surface area contributed by atoms with Gasteiger partial charge in [-0.3, -0.25) is 9.97 Å². The van der Waals surface area contributed by atoms with Gasteiger partial charge < -0.3 is 108 Å². The summed E-state index contributed by atoms with van der Waals surface area (Å²) in [6.45, 7) is 34.6. The summed E-state index contributed by atoms with van der Waals surface area (Å²) in [6.07, 6.45) is 6.70. The first-order valence-electron chi connectivity index (χ1n) is 33.0. The van der Waals surface area contributed by atoms with Gasteiger partial charge in [0.25, 0.3) is 0 Å². The molecule has 0 atom stereocenters. The number of aryl methyl sites for hydroxylation is 18. The summed E-state index contributed by atoms with van der Waals surface area (Å²) in [5, 5.41) is 105. The number of thiophene rings is 1. The summed E-state index contributed by atoms with van der Waals surface area (Å²) in [7, 11) is 0. The molecule has 0 fully saturated rings. The molecule has 0 aliphatic carbocycles. The summed E-state index contributed by atoms with van der Waals surface area (Å²) in [5.41, 5.74) is 11.1. The molecule has 8 heterocycles. The minimum Gasteiger partial charge on any atom is -0.545 e. The number of carbonyl (C=O) groups excluding carboxylic acids is 10. The van der Waals surface area contributed by atoms with E-state index < -0.39 is 59.7 Å². The zero-order valence-corrected chi connectivity index (χ0v) is 140. The monoisotopic (exact) mass is 2930 g/mol. The molecule has 0 aliphatic rings. The first kappa shape index (κ1) is 148. The van der Waals surface area contributed by atoms with Crippen molar-refractivity contribution in [2.75, 3.05) is 0 Å². The molecule has 0 saturated heterocycles. The summed E-state index contributed by atoms with van der Waals surface area (Å²) < 4.78 is 13.1. The fraction of sp³-hybridized carbons (Fsp3) is 0.253. The number of furan rings is 1. The number of thiazole rings is 1. The summed E-state index contributed by atoms with van der Waals surface area (Å²) in [6, 6.07) is 18.1. The minimum atomic E-state index is -1.38. The van der Waals surface area contributed by atoms with Crippen LogP contribution in [-0.4, -0.2) is 108 Å². The zero-order valence-electron chi connectivity index (χ0n) is 75.0. The van der Waals surface area contributed by atoms with Crippen LogP contribution < -0.4 is 740 Å². The van der Waals surface area contributed by atoms with Crippen molar-refractivity contribution in [3.63, 3.8) is 0 Å². The minimum absolute atomic E-state index is 0. The van der Waals surface area contributed by atoms with Gasteiger partial charge in [-0.1, -0.05) is 47.4 Å². The molecule has 0 aliphatic heterocycles. The number of allylic oxidation sites excluding steroid dienone is 1. The first-order chi connectivity index (χ1) is 52.6. The van der Waals surface area contributed by atoms with E-state index in [1.54, 1.807) is 171 Å². The molecule has 11 aromatic rings. The Morgan fingerprint density at radius 2 is 0.894 bits per heavy atom. The van der Waals surface area contributed by atoms with Gasteiger partial charge in [-0.2, -0.15) is 8.75 Å². The molecule has 31 nitrogen and oxygen atoms in total. The number of nitrogens with zero attached hydrogens (tertiary/aromatic N) is 9. The Balaban J connectivity index is -0.000000167. The number of aromatic carboxylic acids is 10. The average Bonchev–Trinajstić information content (AvgIpc) is 1.68. The van der Waals surface area contributed by atoms with Crippen molar-refractivity contribution in [3.05, 3.63) is 252 Å². The molecule has 8 aromatic heterocycles. The fourth-order valence-electron chi connectivity index (χ4n) is 9.27. The van der Waals surface area contributed by atoms with Crippen LogP contribution in [0, 0.1) is 136 Å². The van der Waals surface area contributed by atoms with Crippen molar-refractivity contribution in [1.82, 2.24) is 48.6 Å². The maximum atomic E-state index is 10.8. The molecule has 44 heteroatoms. The molecule has 123 heavy (non-hydrogen) atoms. The average molecular weight is 2930 g/mol. The molecular weight excluding hydrogens is 2850 g/mol. The van der Waals surface area contributed by atoms with Gasteiger partial charge in [0.2, 0.25) is 0 Å². The number of aromatic nitrogens is 10. The van der Waals surface area contributed by atoms with Crippen LogP contribution in [0.15, 0.2) is 89.6 Å². The number of pyridine rings is 1. The maximum Gasteiger partial charge on any atom is 1.00 e. The number of aromatic amines is 1. The SMILES string of the molecule is CC#Cc1ccc(C)cc1C(=O)[O-].CC=Cc1ccc(C)cc1C(=O)[O-].Cc1cc(C(=O)[O-])c(C)[nH]1.Cc1cc(C(=O)[O-])c(C)c2nsnc12.Cc1cc(C(=O)[O-])c(C)o1.Cc1cc(C(=O)[O-])c(C)s1.Cc1cnc(C)c(C(=O)[O-])c1.Cc1cnc(C)c(C(=O)[O-])n1.Cc1nc(C(=O)[O-])c(C)s1.Cc1nc(C)nc(C(=O)[O-])n1.[Cs+].[Cs+].[Cs+].[Cs+].[Cs+].[Cs+].[Cs+].[Cs+].[Cs+].[Cs+]. The largest absolute Gasteiger partial charge is 1.00 e. The normalized spacial score (nSPS) is 9.04. The van der Waals surface area contributed by atoms with Crippen LogP contribution in [0.5, 0.6) is 0 Å². The number of H-pyrrole nitrogens is 1. The van der Waals surface area contributed by atoms with Crippen LogP contribution in [0.3, 0.4) is 0 Å². The number of carbonyl (C=O) groups is 10. The van der Waals surface area contributed by atoms with E-state index in [4.69, 9.17) is 4.42 Å². The van der Waals surface area contributed by atoms with Crippen molar-refractivity contribution < 1.29 is 792 Å². The Morgan fingerprint density at radius 1 is 0.423 bits per heavy atom. The number of hydrogen-bond donors (Lipinski definition) is 1. The van der Waals surface area contributed by atoms with Gasteiger partial charge in [-0.15, -0.1) is 28.6 Å². The Hall–Kier alpha value is 7.13. The summed E-state index contributed by atoms with van der Waals surface area (Å²) in [4.78, 5) is 136. The number of carboxylic acids is 10. The molecule has 3 aromatic carbocycles. The second-order valence-electron chi connectivity index (χ2n) is 23.8. The third-order valence-corrected chi connectivity index (χ3v) is 16.8. The van der Waals surface area contributed by atoms with Crippen LogP contribution in [-0.2, 0) is 0 Å². The Morgan fingerprint density at radius 3 is 1.25 bits per heavy atom. The van der Waals surface area contributed by atoms with Crippen molar-refractivity contribution in [1.29, 1.82) is 0 Å². The number of carboxylic acid groups (broad SMARTS) is 10. The summed E-state index contributed by atoms with van der Waals surface area (Å²) in [5.74, 6) is -5.05. The van der Waals surface area contributed by atoms with E-state index in [9.17, 15) is 99.0 Å². The van der Waals surface area contributed by atoms with Gasteiger partial charge in [0.05, 0.1) is 87.5 Å². The van der Waals surface area contributed by atoms with Crippen molar-refractivity contribution >= 4 is 111 Å². The predicted octanol–water partition coefficient (Wildman–Crippen LogP) is -27.7. The van der Waals surface area contributed by atoms with Gasteiger partial charge in [-0.05, 0) is 209 Å². The molecule has 0 bridgehead atoms. The second kappa shape index (κ2) is 78.7. The Bertz CT molecular complexity index is 5130. The standard InChI is InChI=1S/C11H12O2.C11H10O2.C9H8N2O2S.C8H9NO2.C7H8N2O2.C7H9NO2.C7H8O3.C7H8O2S.C6H7N3O2.C6H7NO2S.10Cs/c2*1-3-4-9-6-5-8(2)7-10(9)11(12)13;1-4-3-6(9(12)13)5(2)8-7(4)10-14-11-8;1-5-3-7(8(10)11)6(2)9-4-5;1-4-3-8-5(2)6(9-4)7(10)11;1-4-3-6(7(9)10)5(2)8-4;2*1-4-3-6(7(8)9)5(2)10-4;1-3-7-4(2)9-5(8-3)6(10)11;1-3-5(6(8)9)7-4(2)10-3;;;;;;;;;;/h3-7H,1-2H3,(H,12,13);5-7H,1-2H3,(H,12,13);3H,1-2H3,(H,12,13);3-4H,1-2H3,(H,10,11);3H,1-2H3,(H,10,11);3,8H,1-2H3,(H,9,10);2*3H,1-2H3,(H,8,9);1-2H3,(H,10,11);1-2H3,(H,8,9);;;;;;;;;;/q;;;;;;;;;;10*+1/p-10. The summed E-state index contributed by atoms with van der Waals surface area (Å²) >= 11 is 3.93. The fourth-order valence-corrected chi connectivity index (χ4v) is 11.6. The molecule has 0 saturated carbocycles. The molecule has 11 rings (SSSR count). The third-order valence-electron chi connectivity index (χ3n) is 14.4. The Labute approximate surface area is 1310 Å². The van der Waals surface area contributed by atoms with E-state index in [2.05, 4.69) is 60.5 Å². The second-order valence-corrected chi connectivity index (χ2v) is 27.2. The van der Waals surface area contributed by atoms with Crippen molar-refractivity contribution in [3.8, 4) is 11.8 Å². The van der Waals surface area contributed by atoms with E-state index in [-0.39, 0.29) is 740 Å². The van der Waals surface area contributed by atoms with E-state index in [0.29, 0.717) is 78.6 Å². The molecule has 596 valence electrons. The first-order valence-corrected chi connectivity index (χ1v) is 35.3. The van der Waals surface area contributed by atoms with Crippen LogP contribution in [0.1, 0.15) is 228 Å². The molecule has 0 amide bonds. The van der Waals surface area contributed by atoms with Crippen LogP contribution >= 0.6 is 34.4 Å². The maximum absolute atomic E-state index is 10.8. The van der Waals surface area contributed by atoms with E-state index >= 15 is 0 Å². The van der Waals surface area contributed by atoms with Gasteiger partial charge in [0, 0.05) is 88.6 Å². The predicted molar refractivity (Wildman–Crippen MR) is 398 cm³/mol. The molecule has 1 N–H and O–H groups in total. The van der Waals surface area contributed by atoms with Gasteiger partial charge >= 0.3 is 689 Å². The van der Waals surface area contributed by atoms with Gasteiger partial charge in [0.1, 0.15) is 45.9 Å². The van der Waals surface area contributed by atoms with Crippen LogP contribution in [0.4, 0.5) is 0 Å². The molecule has 0 unspecified atom stereocenters. The number of benzene rings is 3. The van der Waals surface area contributed by atoms with E-state index in [0.717, 1.165) is 60.0 Å². The zero-order chi connectivity index (χ0) is 86.2. The van der Waals surface area contributed by atoms with Crippen molar-refractivity contribution in [2.24, 2.45) is 0 Å². The third kappa shape index (κ3) is 57.1. The smallest absolute Gasteiger partial charge is 0.545 e. The van der Waals surface area contributed by atoms with E-state index in [1.165, 1.54) is 34.9 Å². The number of fused-ring (bicyclic) bond motifs is 1. The number of nitrogens with one attached hydrogen (secondary N) is 1. The van der Waals surface area contributed by atoms with Crippen LogP contribution in [0.2, 0.25) is 0 Å². The molecule has 0 spiro atoms.